The van der Waals surface area contributed by atoms with Crippen LogP contribution in [0.25, 0.3) is 11.1 Å². The highest BCUT2D eigenvalue weighted by molar-refractivity contribution is 5.68. The Morgan fingerprint density at radius 1 is 0.917 bits per heavy atom. The monoisotopic (exact) mass is 328 g/mol. The lowest BCUT2D eigenvalue weighted by Gasteiger charge is -2.30. The molecule has 1 aliphatic carbocycles. The summed E-state index contributed by atoms with van der Waals surface area (Å²) in [6.07, 6.45) is 7.99. The number of unbranched alkanes of at least 4 members (excludes halogenated alkanes) is 1. The first-order chi connectivity index (χ1) is 11.7. The minimum absolute atomic E-state index is 0.133. The van der Waals surface area contributed by atoms with Crippen molar-refractivity contribution in [1.29, 1.82) is 0 Å². The van der Waals surface area contributed by atoms with Crippen molar-refractivity contribution in [2.75, 3.05) is 0 Å². The molecule has 0 aromatic heterocycles. The molecule has 128 valence electrons. The number of rotatable bonds is 5. The van der Waals surface area contributed by atoms with Crippen LogP contribution in [-0.2, 0) is 0 Å². The molecule has 0 aliphatic heterocycles. The molecule has 3 rings (SSSR count). The first-order valence-electron chi connectivity index (χ1n) is 9.24. The third-order valence-corrected chi connectivity index (χ3v) is 5.44. The van der Waals surface area contributed by atoms with Crippen molar-refractivity contribution in [3.8, 4) is 11.1 Å². The van der Waals surface area contributed by atoms with E-state index in [1.54, 1.807) is 6.07 Å². The second-order valence-corrected chi connectivity index (χ2v) is 7.05. The summed E-state index contributed by atoms with van der Waals surface area (Å²) in [6.45, 7) is 2.22. The summed E-state index contributed by atoms with van der Waals surface area (Å²) in [5.41, 5.74) is 2.42. The maximum atomic E-state index is 14.7. The zero-order chi connectivity index (χ0) is 16.9. The van der Waals surface area contributed by atoms with Crippen LogP contribution in [0.1, 0.15) is 63.4 Å². The summed E-state index contributed by atoms with van der Waals surface area (Å²) >= 11 is 0. The topological polar surface area (TPSA) is 0 Å². The number of hydrogen-bond acceptors (Lipinski definition) is 0. The summed E-state index contributed by atoms with van der Waals surface area (Å²) in [4.78, 5) is 0. The van der Waals surface area contributed by atoms with E-state index in [1.807, 2.05) is 30.3 Å². The SMILES string of the molecule is CCCCC1CCC(c2c(-c3ccccc3)ccc(F)c2F)CC1. The molecule has 0 unspecified atom stereocenters. The van der Waals surface area contributed by atoms with Gasteiger partial charge >= 0.3 is 0 Å². The Morgan fingerprint density at radius 2 is 1.62 bits per heavy atom. The Labute approximate surface area is 143 Å². The number of halogens is 2. The molecule has 1 saturated carbocycles. The lowest BCUT2D eigenvalue weighted by molar-refractivity contribution is 0.299. The Kier molecular flexibility index (Phi) is 5.65. The second kappa shape index (κ2) is 7.92. The van der Waals surface area contributed by atoms with Crippen LogP contribution in [0.15, 0.2) is 42.5 Å². The van der Waals surface area contributed by atoms with E-state index in [0.717, 1.165) is 42.7 Å². The van der Waals surface area contributed by atoms with E-state index < -0.39 is 11.6 Å². The summed E-state index contributed by atoms with van der Waals surface area (Å²) < 4.78 is 28.6. The summed E-state index contributed by atoms with van der Waals surface area (Å²) in [7, 11) is 0. The van der Waals surface area contributed by atoms with Crippen LogP contribution in [0.3, 0.4) is 0 Å². The van der Waals surface area contributed by atoms with E-state index >= 15 is 0 Å². The van der Waals surface area contributed by atoms with Crippen LogP contribution in [0.2, 0.25) is 0 Å². The molecular formula is C22H26F2. The molecule has 24 heavy (non-hydrogen) atoms. The van der Waals surface area contributed by atoms with Gasteiger partial charge in [0.1, 0.15) is 0 Å². The van der Waals surface area contributed by atoms with Crippen LogP contribution >= 0.6 is 0 Å². The van der Waals surface area contributed by atoms with Gasteiger partial charge < -0.3 is 0 Å². The van der Waals surface area contributed by atoms with Crippen molar-refractivity contribution in [2.24, 2.45) is 5.92 Å². The van der Waals surface area contributed by atoms with Crippen LogP contribution in [0, 0.1) is 17.6 Å². The first-order valence-corrected chi connectivity index (χ1v) is 9.24. The summed E-state index contributed by atoms with van der Waals surface area (Å²) in [5, 5.41) is 0. The highest BCUT2D eigenvalue weighted by Gasteiger charge is 2.27. The van der Waals surface area contributed by atoms with Gasteiger partial charge in [-0.3, -0.25) is 0 Å². The van der Waals surface area contributed by atoms with Crippen molar-refractivity contribution < 1.29 is 8.78 Å². The Morgan fingerprint density at radius 3 is 2.29 bits per heavy atom. The van der Waals surface area contributed by atoms with Gasteiger partial charge in [0.05, 0.1) is 0 Å². The molecule has 2 aromatic rings. The zero-order valence-corrected chi connectivity index (χ0v) is 14.4. The predicted molar refractivity (Wildman–Crippen MR) is 96.0 cm³/mol. The maximum absolute atomic E-state index is 14.7. The van der Waals surface area contributed by atoms with Gasteiger partial charge in [0.25, 0.3) is 0 Å². The van der Waals surface area contributed by atoms with E-state index in [2.05, 4.69) is 6.92 Å². The van der Waals surface area contributed by atoms with E-state index in [9.17, 15) is 8.78 Å². The van der Waals surface area contributed by atoms with Gasteiger partial charge in [0.2, 0.25) is 0 Å². The zero-order valence-electron chi connectivity index (χ0n) is 14.4. The molecule has 2 heteroatoms. The number of hydrogen-bond donors (Lipinski definition) is 0. The molecule has 1 aliphatic rings. The molecule has 0 nitrogen and oxygen atoms in total. The summed E-state index contributed by atoms with van der Waals surface area (Å²) in [6, 6.07) is 12.8. The minimum atomic E-state index is -0.724. The second-order valence-electron chi connectivity index (χ2n) is 7.05. The fourth-order valence-electron chi connectivity index (χ4n) is 4.07. The molecule has 0 bridgehead atoms. The molecule has 0 radical (unpaired) electrons. The Bertz CT molecular complexity index is 655. The quantitative estimate of drug-likeness (QED) is 0.549. The molecular weight excluding hydrogens is 302 g/mol. The lowest BCUT2D eigenvalue weighted by atomic mass is 9.75. The van der Waals surface area contributed by atoms with E-state index in [4.69, 9.17) is 0 Å². The van der Waals surface area contributed by atoms with Gasteiger partial charge in [-0.05, 0) is 54.7 Å². The molecule has 0 N–H and O–H groups in total. The standard InChI is InChI=1S/C22H26F2/c1-2-3-7-16-10-12-18(13-11-16)21-19(14-15-20(23)22(21)24)17-8-5-4-6-9-17/h4-6,8-9,14-16,18H,2-3,7,10-13H2,1H3. The largest absolute Gasteiger partial charge is 0.204 e. The van der Waals surface area contributed by atoms with E-state index in [-0.39, 0.29) is 5.92 Å². The fourth-order valence-corrected chi connectivity index (χ4v) is 4.07. The minimum Gasteiger partial charge on any atom is -0.204 e. The molecule has 0 saturated heterocycles. The van der Waals surface area contributed by atoms with Gasteiger partial charge in [-0.1, -0.05) is 62.6 Å². The highest BCUT2D eigenvalue weighted by atomic mass is 19.2. The van der Waals surface area contributed by atoms with Crippen molar-refractivity contribution in [2.45, 2.75) is 57.8 Å². The Hall–Kier alpha value is -1.70. The molecule has 0 amide bonds. The predicted octanol–water partition coefficient (Wildman–Crippen LogP) is 7.10. The first kappa shape index (κ1) is 17.1. The normalized spacial score (nSPS) is 21.0. The fraction of sp³-hybridized carbons (Fsp3) is 0.455. The third-order valence-electron chi connectivity index (χ3n) is 5.44. The molecule has 0 spiro atoms. The van der Waals surface area contributed by atoms with Crippen LogP contribution in [0.4, 0.5) is 8.78 Å². The summed E-state index contributed by atoms with van der Waals surface area (Å²) in [5.74, 6) is -0.474. The maximum Gasteiger partial charge on any atom is 0.162 e. The van der Waals surface area contributed by atoms with Crippen LogP contribution in [0.5, 0.6) is 0 Å². The molecule has 2 aromatic carbocycles. The average Bonchev–Trinajstić information content (AvgIpc) is 2.63. The molecule has 0 heterocycles. The van der Waals surface area contributed by atoms with Crippen molar-refractivity contribution in [1.82, 2.24) is 0 Å². The number of benzene rings is 2. The van der Waals surface area contributed by atoms with E-state index in [0.29, 0.717) is 5.56 Å². The Balaban J connectivity index is 1.86. The highest BCUT2D eigenvalue weighted by Crippen LogP contribution is 2.42. The van der Waals surface area contributed by atoms with E-state index in [1.165, 1.54) is 25.3 Å². The van der Waals surface area contributed by atoms with Crippen LogP contribution < -0.4 is 0 Å². The van der Waals surface area contributed by atoms with Gasteiger partial charge in [0.15, 0.2) is 11.6 Å². The smallest absolute Gasteiger partial charge is 0.162 e. The third kappa shape index (κ3) is 3.68. The van der Waals surface area contributed by atoms with Crippen molar-refractivity contribution in [3.63, 3.8) is 0 Å². The van der Waals surface area contributed by atoms with Gasteiger partial charge in [-0.15, -0.1) is 0 Å². The average molecular weight is 328 g/mol. The van der Waals surface area contributed by atoms with Crippen molar-refractivity contribution >= 4 is 0 Å². The lowest BCUT2D eigenvalue weighted by Crippen LogP contribution is -2.15. The molecule has 0 atom stereocenters. The van der Waals surface area contributed by atoms with Crippen LogP contribution in [-0.4, -0.2) is 0 Å². The van der Waals surface area contributed by atoms with Crippen molar-refractivity contribution in [3.05, 3.63) is 59.7 Å². The van der Waals surface area contributed by atoms with Gasteiger partial charge in [-0.25, -0.2) is 8.78 Å². The van der Waals surface area contributed by atoms with Gasteiger partial charge in [0, 0.05) is 5.56 Å². The molecule has 1 fully saturated rings. The van der Waals surface area contributed by atoms with Gasteiger partial charge in [-0.2, -0.15) is 0 Å².